The van der Waals surface area contributed by atoms with Gasteiger partial charge in [-0.25, -0.2) is 9.79 Å². The van der Waals surface area contributed by atoms with Crippen molar-refractivity contribution in [2.24, 2.45) is 4.99 Å². The van der Waals surface area contributed by atoms with Gasteiger partial charge >= 0.3 is 5.97 Å². The van der Waals surface area contributed by atoms with Gasteiger partial charge in [-0.15, -0.1) is 0 Å². The number of carbonyl (C=O) groups is 2. The van der Waals surface area contributed by atoms with Crippen molar-refractivity contribution < 1.29 is 18.7 Å². The summed E-state index contributed by atoms with van der Waals surface area (Å²) in [6.07, 6.45) is 1.69. The Morgan fingerprint density at radius 3 is 2.29 bits per heavy atom. The van der Waals surface area contributed by atoms with Crippen LogP contribution in [0.15, 0.2) is 117 Å². The first kappa shape index (κ1) is 27.1. The number of fused-ring (bicyclic) bond motifs is 1. The highest BCUT2D eigenvalue weighted by molar-refractivity contribution is 7.07. The summed E-state index contributed by atoms with van der Waals surface area (Å²) in [7, 11) is 0. The molecular weight excluding hydrogens is 548 g/mol. The monoisotopic (exact) mass is 574 g/mol. The number of nitrogens with zero attached hydrogens (tertiary/aromatic N) is 2. The van der Waals surface area contributed by atoms with Gasteiger partial charge in [-0.1, -0.05) is 96.3 Å². The molecule has 3 heterocycles. The van der Waals surface area contributed by atoms with Crippen molar-refractivity contribution in [1.82, 2.24) is 4.57 Å². The number of Topliss-reactive ketones (excluding diaryl/α,β-unsaturated/α-hetero) is 1. The molecule has 5 aromatic rings. The molecule has 6 rings (SSSR count). The molecule has 0 amide bonds. The molecule has 0 bridgehead atoms. The van der Waals surface area contributed by atoms with Crippen LogP contribution in [0.3, 0.4) is 0 Å². The maximum Gasteiger partial charge on any atom is 0.338 e. The quantitative estimate of drug-likeness (QED) is 0.192. The SMILES string of the molecule is CCOC(=O)C1=C(c2ccccc2)N=c2s/c(=C\c3ccc(-c4ccc(C(C)=O)cc4)o3)c(=O)n2[C@H]1c1ccccc1. The van der Waals surface area contributed by atoms with E-state index in [1.165, 1.54) is 18.3 Å². The van der Waals surface area contributed by atoms with Gasteiger partial charge in [0.1, 0.15) is 11.5 Å². The van der Waals surface area contributed by atoms with Crippen molar-refractivity contribution in [1.29, 1.82) is 0 Å². The molecule has 3 aromatic carbocycles. The Balaban J connectivity index is 1.51. The molecule has 1 aliphatic heterocycles. The van der Waals surface area contributed by atoms with Gasteiger partial charge in [-0.3, -0.25) is 14.2 Å². The molecule has 7 nitrogen and oxygen atoms in total. The molecule has 0 aliphatic carbocycles. The minimum atomic E-state index is -0.731. The van der Waals surface area contributed by atoms with E-state index < -0.39 is 12.0 Å². The maximum absolute atomic E-state index is 14.0. The number of ketones is 1. The van der Waals surface area contributed by atoms with E-state index in [0.717, 1.165) is 16.7 Å². The standard InChI is InChI=1S/C34H26N2O5S/c1-3-40-33(39)29-30(24-10-6-4-7-11-24)35-34-36(31(29)25-12-8-5-9-13-25)32(38)28(42-34)20-26-18-19-27(41-26)23-16-14-22(15-17-23)21(2)37/h4-20,31H,3H2,1-2H3/b28-20-/t31-/m0/s1. The number of carbonyl (C=O) groups excluding carboxylic acids is 2. The third-order valence-corrected chi connectivity index (χ3v) is 7.95. The van der Waals surface area contributed by atoms with E-state index in [2.05, 4.69) is 0 Å². The lowest BCUT2D eigenvalue weighted by molar-refractivity contribution is -0.138. The summed E-state index contributed by atoms with van der Waals surface area (Å²) in [6.45, 7) is 3.47. The Hall–Kier alpha value is -5.08. The number of thiazole rings is 1. The minimum Gasteiger partial charge on any atom is -0.463 e. The molecule has 0 fully saturated rings. The first-order valence-corrected chi connectivity index (χ1v) is 14.3. The Morgan fingerprint density at radius 1 is 0.929 bits per heavy atom. The van der Waals surface area contributed by atoms with E-state index in [0.29, 0.717) is 37.7 Å². The molecule has 1 aliphatic rings. The van der Waals surface area contributed by atoms with Gasteiger partial charge in [0.2, 0.25) is 0 Å². The number of rotatable bonds is 7. The zero-order valence-electron chi connectivity index (χ0n) is 22.9. The van der Waals surface area contributed by atoms with Crippen LogP contribution in [-0.2, 0) is 9.53 Å². The van der Waals surface area contributed by atoms with Gasteiger partial charge in [0.05, 0.1) is 28.5 Å². The average Bonchev–Trinajstić information content (AvgIpc) is 3.61. The molecule has 0 saturated carbocycles. The Morgan fingerprint density at radius 2 is 1.62 bits per heavy atom. The second kappa shape index (κ2) is 11.4. The topological polar surface area (TPSA) is 90.9 Å². The highest BCUT2D eigenvalue weighted by Crippen LogP contribution is 2.35. The van der Waals surface area contributed by atoms with E-state index in [-0.39, 0.29) is 17.9 Å². The fourth-order valence-electron chi connectivity index (χ4n) is 4.98. The summed E-state index contributed by atoms with van der Waals surface area (Å²) in [5.41, 5.74) is 3.46. The van der Waals surface area contributed by atoms with Crippen LogP contribution in [0.1, 0.15) is 47.1 Å². The first-order valence-electron chi connectivity index (χ1n) is 13.5. The molecule has 8 heteroatoms. The maximum atomic E-state index is 14.0. The number of aromatic nitrogens is 1. The zero-order valence-corrected chi connectivity index (χ0v) is 23.8. The van der Waals surface area contributed by atoms with E-state index in [1.807, 2.05) is 78.9 Å². The van der Waals surface area contributed by atoms with E-state index >= 15 is 0 Å². The predicted molar refractivity (Wildman–Crippen MR) is 162 cm³/mol. The van der Waals surface area contributed by atoms with Crippen LogP contribution in [0.2, 0.25) is 0 Å². The number of ether oxygens (including phenoxy) is 1. The Labute approximate surface area is 245 Å². The lowest BCUT2D eigenvalue weighted by atomic mass is 9.93. The molecular formula is C34H26N2O5S. The Kier molecular flexibility index (Phi) is 7.37. The summed E-state index contributed by atoms with van der Waals surface area (Å²) >= 11 is 1.24. The lowest BCUT2D eigenvalue weighted by Crippen LogP contribution is -2.39. The molecule has 0 radical (unpaired) electrons. The van der Waals surface area contributed by atoms with Crippen LogP contribution in [0.5, 0.6) is 0 Å². The summed E-state index contributed by atoms with van der Waals surface area (Å²) in [5, 5.41) is 0. The van der Waals surface area contributed by atoms with E-state index in [9.17, 15) is 14.4 Å². The second-order valence-electron chi connectivity index (χ2n) is 9.68. The zero-order chi connectivity index (χ0) is 29.2. The average molecular weight is 575 g/mol. The lowest BCUT2D eigenvalue weighted by Gasteiger charge is -2.25. The molecule has 208 valence electrons. The number of hydrogen-bond donors (Lipinski definition) is 0. The first-order chi connectivity index (χ1) is 20.4. The van der Waals surface area contributed by atoms with Crippen LogP contribution < -0.4 is 14.9 Å². The molecule has 42 heavy (non-hydrogen) atoms. The van der Waals surface area contributed by atoms with Gasteiger partial charge in [0.25, 0.3) is 5.56 Å². The predicted octanol–water partition coefficient (Wildman–Crippen LogP) is 5.40. The number of furan rings is 1. The molecule has 0 N–H and O–H groups in total. The third-order valence-electron chi connectivity index (χ3n) is 6.97. The molecule has 0 spiro atoms. The van der Waals surface area contributed by atoms with Crippen LogP contribution in [0, 0.1) is 0 Å². The molecule has 0 saturated heterocycles. The fourth-order valence-corrected chi connectivity index (χ4v) is 5.96. The largest absolute Gasteiger partial charge is 0.463 e. The second-order valence-corrected chi connectivity index (χ2v) is 10.7. The van der Waals surface area contributed by atoms with Crippen LogP contribution in [-0.4, -0.2) is 22.9 Å². The highest BCUT2D eigenvalue weighted by Gasteiger charge is 2.35. The summed E-state index contributed by atoms with van der Waals surface area (Å²) in [4.78, 5) is 44.4. The summed E-state index contributed by atoms with van der Waals surface area (Å²) in [6, 6.07) is 28.9. The van der Waals surface area contributed by atoms with Gasteiger partial charge in [-0.05, 0) is 31.5 Å². The van der Waals surface area contributed by atoms with Crippen molar-refractivity contribution in [2.45, 2.75) is 19.9 Å². The minimum absolute atomic E-state index is 0.00704. The van der Waals surface area contributed by atoms with Crippen LogP contribution in [0.25, 0.3) is 23.1 Å². The van der Waals surface area contributed by atoms with Crippen LogP contribution in [0.4, 0.5) is 0 Å². The number of esters is 1. The molecule has 1 atom stereocenters. The van der Waals surface area contributed by atoms with Gasteiger partial charge in [-0.2, -0.15) is 0 Å². The molecule has 0 unspecified atom stereocenters. The smallest absolute Gasteiger partial charge is 0.338 e. The van der Waals surface area contributed by atoms with Gasteiger partial charge < -0.3 is 9.15 Å². The number of hydrogen-bond acceptors (Lipinski definition) is 7. The fraction of sp³-hybridized carbons (Fsp3) is 0.118. The summed E-state index contributed by atoms with van der Waals surface area (Å²) < 4.78 is 13.5. The van der Waals surface area contributed by atoms with Crippen molar-refractivity contribution in [3.63, 3.8) is 0 Å². The summed E-state index contributed by atoms with van der Waals surface area (Å²) in [5.74, 6) is 0.583. The third kappa shape index (κ3) is 5.08. The van der Waals surface area contributed by atoms with Crippen molar-refractivity contribution in [3.05, 3.63) is 145 Å². The highest BCUT2D eigenvalue weighted by atomic mass is 32.1. The Bertz CT molecular complexity index is 2000. The van der Waals surface area contributed by atoms with E-state index in [1.54, 1.807) is 35.8 Å². The number of benzene rings is 3. The molecule has 2 aromatic heterocycles. The normalized spacial score (nSPS) is 14.8. The van der Waals surface area contributed by atoms with Crippen molar-refractivity contribution in [3.8, 4) is 11.3 Å². The van der Waals surface area contributed by atoms with Crippen LogP contribution >= 0.6 is 11.3 Å². The van der Waals surface area contributed by atoms with Gasteiger partial charge in [0, 0.05) is 22.8 Å². The van der Waals surface area contributed by atoms with Crippen molar-refractivity contribution >= 4 is 34.9 Å². The van der Waals surface area contributed by atoms with Crippen molar-refractivity contribution in [2.75, 3.05) is 6.61 Å². The van der Waals surface area contributed by atoms with Gasteiger partial charge in [0.15, 0.2) is 10.6 Å². The van der Waals surface area contributed by atoms with E-state index in [4.69, 9.17) is 14.1 Å².